The maximum Gasteiger partial charge on any atom is 0.0590 e. The maximum absolute atomic E-state index is 5.68. The summed E-state index contributed by atoms with van der Waals surface area (Å²) in [7, 11) is 0. The zero-order chi connectivity index (χ0) is 16.3. The topological polar surface area (TPSA) is 24.5 Å². The number of rotatable bonds is 18. The lowest BCUT2D eigenvalue weighted by Gasteiger charge is -2.17. The summed E-state index contributed by atoms with van der Waals surface area (Å²) in [6.07, 6.45) is 12.4. The van der Waals surface area contributed by atoms with Crippen molar-refractivity contribution in [1.82, 2.24) is 10.2 Å². The molecule has 0 spiro atoms. The smallest absolute Gasteiger partial charge is 0.0590 e. The van der Waals surface area contributed by atoms with Crippen LogP contribution in [-0.2, 0) is 4.74 Å². The minimum atomic E-state index is 0.856. The van der Waals surface area contributed by atoms with Crippen LogP contribution in [0.2, 0.25) is 0 Å². The van der Waals surface area contributed by atoms with Gasteiger partial charge in [-0.15, -0.1) is 0 Å². The molecule has 22 heavy (non-hydrogen) atoms. The number of nitrogens with one attached hydrogen (secondary N) is 1. The molecule has 0 atom stereocenters. The van der Waals surface area contributed by atoms with Crippen LogP contribution in [0, 0.1) is 0 Å². The largest absolute Gasteiger partial charge is 0.380 e. The van der Waals surface area contributed by atoms with E-state index in [1.807, 2.05) is 0 Å². The Labute approximate surface area is 140 Å². The molecule has 0 aliphatic carbocycles. The first-order valence-electron chi connectivity index (χ1n) is 9.85. The molecule has 0 rings (SSSR count). The highest BCUT2D eigenvalue weighted by atomic mass is 16.5. The molecule has 1 N–H and O–H groups in total. The van der Waals surface area contributed by atoms with Crippen molar-refractivity contribution in [3.8, 4) is 0 Å². The van der Waals surface area contributed by atoms with Crippen molar-refractivity contribution in [3.63, 3.8) is 0 Å². The lowest BCUT2D eigenvalue weighted by molar-refractivity contribution is 0.131. The van der Waals surface area contributed by atoms with Crippen molar-refractivity contribution in [2.45, 2.75) is 78.6 Å². The van der Waals surface area contributed by atoms with Crippen molar-refractivity contribution in [1.29, 1.82) is 0 Å². The van der Waals surface area contributed by atoms with Crippen LogP contribution in [-0.4, -0.2) is 50.8 Å². The van der Waals surface area contributed by atoms with Crippen molar-refractivity contribution in [2.24, 2.45) is 0 Å². The Morgan fingerprint density at radius 3 is 1.86 bits per heavy atom. The number of unbranched alkanes of at least 4 members (excludes halogenated alkanes) is 8. The predicted molar refractivity (Wildman–Crippen MR) is 98.7 cm³/mol. The molecule has 3 nitrogen and oxygen atoms in total. The fourth-order valence-electron chi connectivity index (χ4n) is 2.66. The van der Waals surface area contributed by atoms with Gasteiger partial charge in [0.1, 0.15) is 0 Å². The fourth-order valence-corrected chi connectivity index (χ4v) is 2.66. The molecule has 0 aromatic carbocycles. The highest BCUT2D eigenvalue weighted by molar-refractivity contribution is 4.55. The first-order chi connectivity index (χ1) is 10.8. The third kappa shape index (κ3) is 16.3. The zero-order valence-corrected chi connectivity index (χ0v) is 15.7. The second-order valence-electron chi connectivity index (χ2n) is 6.22. The van der Waals surface area contributed by atoms with Crippen molar-refractivity contribution in [2.75, 3.05) is 45.9 Å². The van der Waals surface area contributed by atoms with E-state index in [2.05, 4.69) is 31.0 Å². The molecule has 0 bridgehead atoms. The molecule has 134 valence electrons. The van der Waals surface area contributed by atoms with Gasteiger partial charge in [-0.25, -0.2) is 0 Å². The normalized spacial score (nSPS) is 11.5. The minimum Gasteiger partial charge on any atom is -0.380 e. The molecule has 0 unspecified atom stereocenters. The van der Waals surface area contributed by atoms with E-state index < -0.39 is 0 Å². The van der Waals surface area contributed by atoms with Crippen LogP contribution in [0.5, 0.6) is 0 Å². The van der Waals surface area contributed by atoms with E-state index in [-0.39, 0.29) is 0 Å². The van der Waals surface area contributed by atoms with Gasteiger partial charge in [0.25, 0.3) is 0 Å². The van der Waals surface area contributed by atoms with Gasteiger partial charge in [0.2, 0.25) is 0 Å². The Morgan fingerprint density at radius 1 is 0.682 bits per heavy atom. The first-order valence-corrected chi connectivity index (χ1v) is 9.85. The van der Waals surface area contributed by atoms with Crippen LogP contribution in [0.3, 0.4) is 0 Å². The van der Waals surface area contributed by atoms with Gasteiger partial charge >= 0.3 is 0 Å². The van der Waals surface area contributed by atoms with E-state index in [0.29, 0.717) is 0 Å². The standard InChI is InChI=1S/C19H42N2O/c1-4-7-8-9-10-11-12-13-14-18-22-19-16-20-15-17-21(5-2)6-3/h20H,4-19H2,1-3H3. The van der Waals surface area contributed by atoms with Gasteiger partial charge in [0.05, 0.1) is 6.61 Å². The summed E-state index contributed by atoms with van der Waals surface area (Å²) >= 11 is 0. The highest BCUT2D eigenvalue weighted by Gasteiger charge is 1.97. The second kappa shape index (κ2) is 18.9. The average Bonchev–Trinajstić information content (AvgIpc) is 2.55. The number of ether oxygens (including phenoxy) is 1. The molecule has 0 heterocycles. The van der Waals surface area contributed by atoms with E-state index in [0.717, 1.165) is 45.9 Å². The Hall–Kier alpha value is -0.120. The Bertz CT molecular complexity index is 196. The number of nitrogens with zero attached hydrogens (tertiary/aromatic N) is 1. The average molecular weight is 315 g/mol. The fraction of sp³-hybridized carbons (Fsp3) is 1.00. The number of hydrogen-bond donors (Lipinski definition) is 1. The molecule has 3 heteroatoms. The van der Waals surface area contributed by atoms with E-state index in [1.54, 1.807) is 0 Å². The van der Waals surface area contributed by atoms with Crippen LogP contribution in [0.15, 0.2) is 0 Å². The van der Waals surface area contributed by atoms with Crippen LogP contribution in [0.1, 0.15) is 78.6 Å². The SMILES string of the molecule is CCCCCCCCCCCOCCNCCN(CC)CC. The molecule has 0 aliphatic heterocycles. The predicted octanol–water partition coefficient (Wildman–Crippen LogP) is 4.47. The summed E-state index contributed by atoms with van der Waals surface area (Å²) in [5.41, 5.74) is 0. The monoisotopic (exact) mass is 314 g/mol. The Kier molecular flexibility index (Phi) is 18.8. The summed E-state index contributed by atoms with van der Waals surface area (Å²) in [4.78, 5) is 2.44. The molecule has 0 aromatic rings. The first kappa shape index (κ1) is 21.9. The van der Waals surface area contributed by atoms with Gasteiger partial charge in [-0.2, -0.15) is 0 Å². The summed E-state index contributed by atoms with van der Waals surface area (Å²) in [5, 5.41) is 3.45. The molecule has 0 fully saturated rings. The number of hydrogen-bond acceptors (Lipinski definition) is 3. The van der Waals surface area contributed by atoms with E-state index in [4.69, 9.17) is 4.74 Å². The van der Waals surface area contributed by atoms with Crippen LogP contribution in [0.25, 0.3) is 0 Å². The van der Waals surface area contributed by atoms with Gasteiger partial charge in [0.15, 0.2) is 0 Å². The zero-order valence-electron chi connectivity index (χ0n) is 15.7. The minimum absolute atomic E-state index is 0.856. The lowest BCUT2D eigenvalue weighted by Crippen LogP contribution is -2.33. The third-order valence-electron chi connectivity index (χ3n) is 4.31. The Balaban J connectivity index is 3.02. The molecule has 0 aliphatic rings. The quantitative estimate of drug-likeness (QED) is 0.378. The summed E-state index contributed by atoms with van der Waals surface area (Å²) in [5.74, 6) is 0. The molecule has 0 radical (unpaired) electrons. The van der Waals surface area contributed by atoms with Gasteiger partial charge in [-0.05, 0) is 19.5 Å². The Morgan fingerprint density at radius 2 is 1.27 bits per heavy atom. The van der Waals surface area contributed by atoms with Gasteiger partial charge in [-0.3, -0.25) is 0 Å². The summed E-state index contributed by atoms with van der Waals surface area (Å²) < 4.78 is 5.68. The molecule has 0 amide bonds. The molecular formula is C19H42N2O. The van der Waals surface area contributed by atoms with E-state index in [9.17, 15) is 0 Å². The van der Waals surface area contributed by atoms with Gasteiger partial charge < -0.3 is 15.0 Å². The van der Waals surface area contributed by atoms with Gasteiger partial charge in [-0.1, -0.05) is 72.1 Å². The van der Waals surface area contributed by atoms with E-state index in [1.165, 1.54) is 57.8 Å². The highest BCUT2D eigenvalue weighted by Crippen LogP contribution is 2.09. The third-order valence-corrected chi connectivity index (χ3v) is 4.31. The molecule has 0 saturated carbocycles. The molecular weight excluding hydrogens is 272 g/mol. The molecule has 0 saturated heterocycles. The second-order valence-corrected chi connectivity index (χ2v) is 6.22. The number of likely N-dealkylation sites (N-methyl/N-ethyl adjacent to an activating group) is 1. The summed E-state index contributed by atoms with van der Waals surface area (Å²) in [6.45, 7) is 14.0. The van der Waals surface area contributed by atoms with Crippen LogP contribution < -0.4 is 5.32 Å². The lowest BCUT2D eigenvalue weighted by atomic mass is 10.1. The molecule has 0 aromatic heterocycles. The maximum atomic E-state index is 5.68. The summed E-state index contributed by atoms with van der Waals surface area (Å²) in [6, 6.07) is 0. The van der Waals surface area contributed by atoms with Crippen molar-refractivity contribution >= 4 is 0 Å². The van der Waals surface area contributed by atoms with Crippen LogP contribution in [0.4, 0.5) is 0 Å². The van der Waals surface area contributed by atoms with Crippen molar-refractivity contribution < 1.29 is 4.74 Å². The van der Waals surface area contributed by atoms with E-state index >= 15 is 0 Å². The van der Waals surface area contributed by atoms with Gasteiger partial charge in [0, 0.05) is 26.2 Å². The van der Waals surface area contributed by atoms with Crippen LogP contribution >= 0.6 is 0 Å². The van der Waals surface area contributed by atoms with Crippen molar-refractivity contribution in [3.05, 3.63) is 0 Å².